The SMILES string of the molecule is CCCn1nc(C(=O)N2CCCC[C@H]2c2nccs2)ccc1=O. The first-order valence-corrected chi connectivity index (χ1v) is 8.87. The van der Waals surface area contributed by atoms with Crippen LogP contribution in [-0.2, 0) is 6.54 Å². The lowest BCUT2D eigenvalue weighted by Gasteiger charge is -2.34. The molecule has 3 rings (SSSR count). The number of carbonyl (C=O) groups is 1. The molecule has 0 spiro atoms. The Kier molecular flexibility index (Phi) is 4.85. The number of aryl methyl sites for hydroxylation is 1. The van der Waals surface area contributed by atoms with E-state index in [4.69, 9.17) is 0 Å². The molecule has 7 heteroatoms. The van der Waals surface area contributed by atoms with Crippen LogP contribution in [0.15, 0.2) is 28.5 Å². The maximum atomic E-state index is 12.9. The van der Waals surface area contributed by atoms with Crippen LogP contribution in [0.5, 0.6) is 0 Å². The highest BCUT2D eigenvalue weighted by molar-refractivity contribution is 7.09. The van der Waals surface area contributed by atoms with Crippen LogP contribution in [0.2, 0.25) is 0 Å². The standard InChI is InChI=1S/C16H20N4O2S/c1-2-9-20-14(21)7-6-12(18-20)16(22)19-10-4-3-5-13(19)15-17-8-11-23-15/h6-8,11,13H,2-5,9-10H2,1H3/t13-/m0/s1. The van der Waals surface area contributed by atoms with Crippen molar-refractivity contribution < 1.29 is 4.79 Å². The lowest BCUT2D eigenvalue weighted by molar-refractivity contribution is 0.0602. The van der Waals surface area contributed by atoms with Gasteiger partial charge in [0.25, 0.3) is 11.5 Å². The van der Waals surface area contributed by atoms with E-state index in [1.165, 1.54) is 16.8 Å². The summed E-state index contributed by atoms with van der Waals surface area (Å²) >= 11 is 1.58. The Morgan fingerprint density at radius 3 is 3.00 bits per heavy atom. The molecule has 1 amide bonds. The largest absolute Gasteiger partial charge is 0.328 e. The van der Waals surface area contributed by atoms with Crippen LogP contribution in [0.3, 0.4) is 0 Å². The third kappa shape index (κ3) is 3.34. The van der Waals surface area contributed by atoms with Crippen LogP contribution >= 0.6 is 11.3 Å². The number of rotatable bonds is 4. The molecule has 0 bridgehead atoms. The molecule has 0 saturated carbocycles. The highest BCUT2D eigenvalue weighted by atomic mass is 32.1. The fourth-order valence-corrected chi connectivity index (χ4v) is 3.70. The Bertz CT molecular complexity index is 726. The van der Waals surface area contributed by atoms with Crippen molar-refractivity contribution >= 4 is 17.2 Å². The van der Waals surface area contributed by atoms with Crippen LogP contribution in [-0.4, -0.2) is 32.1 Å². The second kappa shape index (κ2) is 7.04. The monoisotopic (exact) mass is 332 g/mol. The minimum atomic E-state index is -0.168. The van der Waals surface area contributed by atoms with Gasteiger partial charge in [-0.25, -0.2) is 9.67 Å². The molecule has 122 valence electrons. The first-order chi connectivity index (χ1) is 11.2. The van der Waals surface area contributed by atoms with Gasteiger partial charge in [0.2, 0.25) is 0 Å². The maximum Gasteiger partial charge on any atom is 0.274 e. The first-order valence-electron chi connectivity index (χ1n) is 7.99. The molecular weight excluding hydrogens is 312 g/mol. The van der Waals surface area contributed by atoms with Crippen molar-refractivity contribution in [2.45, 2.75) is 45.2 Å². The minimum Gasteiger partial charge on any atom is -0.328 e. The predicted molar refractivity (Wildman–Crippen MR) is 88.5 cm³/mol. The number of aromatic nitrogens is 3. The average molecular weight is 332 g/mol. The fraction of sp³-hybridized carbons (Fsp3) is 0.500. The predicted octanol–water partition coefficient (Wildman–Crippen LogP) is 2.48. The second-order valence-corrected chi connectivity index (χ2v) is 6.59. The summed E-state index contributed by atoms with van der Waals surface area (Å²) < 4.78 is 1.37. The highest BCUT2D eigenvalue weighted by Gasteiger charge is 2.31. The second-order valence-electron chi connectivity index (χ2n) is 5.66. The van der Waals surface area contributed by atoms with Crippen molar-refractivity contribution in [3.8, 4) is 0 Å². The number of thiazole rings is 1. The van der Waals surface area contributed by atoms with E-state index in [2.05, 4.69) is 10.1 Å². The number of carbonyl (C=O) groups excluding carboxylic acids is 1. The average Bonchev–Trinajstić information content (AvgIpc) is 3.11. The number of likely N-dealkylation sites (tertiary alicyclic amines) is 1. The van der Waals surface area contributed by atoms with Crippen LogP contribution in [0.25, 0.3) is 0 Å². The maximum absolute atomic E-state index is 12.9. The molecule has 6 nitrogen and oxygen atoms in total. The third-order valence-electron chi connectivity index (χ3n) is 4.02. The molecule has 23 heavy (non-hydrogen) atoms. The minimum absolute atomic E-state index is 0.0182. The zero-order valence-corrected chi connectivity index (χ0v) is 14.0. The molecule has 1 saturated heterocycles. The van der Waals surface area contributed by atoms with Crippen molar-refractivity contribution in [1.29, 1.82) is 0 Å². The number of amides is 1. The topological polar surface area (TPSA) is 68.1 Å². The zero-order valence-electron chi connectivity index (χ0n) is 13.1. The van der Waals surface area contributed by atoms with E-state index in [1.807, 2.05) is 17.2 Å². The quantitative estimate of drug-likeness (QED) is 0.862. The fourth-order valence-electron chi connectivity index (χ4n) is 2.91. The van der Waals surface area contributed by atoms with Gasteiger partial charge in [-0.3, -0.25) is 9.59 Å². The van der Waals surface area contributed by atoms with Gasteiger partial charge < -0.3 is 4.90 Å². The number of hydrogen-bond acceptors (Lipinski definition) is 5. The molecule has 0 N–H and O–H groups in total. The molecule has 2 aromatic heterocycles. The Hall–Kier alpha value is -2.02. The van der Waals surface area contributed by atoms with Crippen molar-refractivity contribution in [3.63, 3.8) is 0 Å². The molecule has 1 aliphatic heterocycles. The molecule has 2 aromatic rings. The summed E-state index contributed by atoms with van der Waals surface area (Å²) in [6.45, 7) is 3.21. The van der Waals surface area contributed by atoms with Crippen LogP contribution in [0.4, 0.5) is 0 Å². The van der Waals surface area contributed by atoms with Gasteiger partial charge in [-0.2, -0.15) is 5.10 Å². The molecule has 0 aromatic carbocycles. The van der Waals surface area contributed by atoms with Gasteiger partial charge in [-0.15, -0.1) is 11.3 Å². The molecule has 1 fully saturated rings. The van der Waals surface area contributed by atoms with Crippen LogP contribution in [0.1, 0.15) is 54.1 Å². The molecule has 1 aliphatic rings. The van der Waals surface area contributed by atoms with E-state index >= 15 is 0 Å². The van der Waals surface area contributed by atoms with Gasteiger partial charge in [0.1, 0.15) is 10.7 Å². The van der Waals surface area contributed by atoms with Crippen molar-refractivity contribution in [3.05, 3.63) is 44.8 Å². The highest BCUT2D eigenvalue weighted by Crippen LogP contribution is 2.32. The van der Waals surface area contributed by atoms with E-state index in [9.17, 15) is 9.59 Å². The summed E-state index contributed by atoms with van der Waals surface area (Å²) in [7, 11) is 0. The summed E-state index contributed by atoms with van der Waals surface area (Å²) in [5.41, 5.74) is 0.167. The normalized spacial score (nSPS) is 18.1. The molecule has 0 unspecified atom stereocenters. The summed E-state index contributed by atoms with van der Waals surface area (Å²) in [6, 6.07) is 2.98. The van der Waals surface area contributed by atoms with E-state index in [1.54, 1.807) is 17.5 Å². The van der Waals surface area contributed by atoms with E-state index in [0.29, 0.717) is 18.8 Å². The Morgan fingerprint density at radius 1 is 1.39 bits per heavy atom. The smallest absolute Gasteiger partial charge is 0.274 e. The van der Waals surface area contributed by atoms with Gasteiger partial charge >= 0.3 is 0 Å². The Balaban J connectivity index is 1.88. The van der Waals surface area contributed by atoms with E-state index in [0.717, 1.165) is 30.7 Å². The van der Waals surface area contributed by atoms with E-state index < -0.39 is 0 Å². The van der Waals surface area contributed by atoms with Gasteiger partial charge in [0.05, 0.1) is 6.04 Å². The van der Waals surface area contributed by atoms with Crippen molar-refractivity contribution in [1.82, 2.24) is 19.7 Å². The number of piperidine rings is 1. The van der Waals surface area contributed by atoms with Crippen molar-refractivity contribution in [2.24, 2.45) is 0 Å². The summed E-state index contributed by atoms with van der Waals surface area (Å²) in [5.74, 6) is -0.116. The zero-order chi connectivity index (χ0) is 16.2. The molecule has 0 radical (unpaired) electrons. The van der Waals surface area contributed by atoms with Crippen molar-refractivity contribution in [2.75, 3.05) is 6.54 Å². The molecule has 0 aliphatic carbocycles. The lowest BCUT2D eigenvalue weighted by Crippen LogP contribution is -2.39. The lowest BCUT2D eigenvalue weighted by atomic mass is 10.0. The van der Waals surface area contributed by atoms with Gasteiger partial charge in [0.15, 0.2) is 0 Å². The Labute approximate surface area is 138 Å². The first kappa shape index (κ1) is 15.9. The summed E-state index contributed by atoms with van der Waals surface area (Å²) in [6.07, 6.45) is 5.58. The molecule has 3 heterocycles. The molecule has 1 atom stereocenters. The van der Waals surface area contributed by atoms with Gasteiger partial charge in [-0.1, -0.05) is 6.92 Å². The Morgan fingerprint density at radius 2 is 2.26 bits per heavy atom. The van der Waals surface area contributed by atoms with Crippen LogP contribution < -0.4 is 5.56 Å². The van der Waals surface area contributed by atoms with Gasteiger partial charge in [0, 0.05) is 30.7 Å². The van der Waals surface area contributed by atoms with Gasteiger partial charge in [-0.05, 0) is 31.7 Å². The van der Waals surface area contributed by atoms with Crippen LogP contribution in [0, 0.1) is 0 Å². The number of nitrogens with zero attached hydrogens (tertiary/aromatic N) is 4. The molecular formula is C16H20N4O2S. The third-order valence-corrected chi connectivity index (χ3v) is 4.90. The van der Waals surface area contributed by atoms with E-state index in [-0.39, 0.29) is 17.5 Å². The number of hydrogen-bond donors (Lipinski definition) is 0. The summed E-state index contributed by atoms with van der Waals surface area (Å²) in [5, 5.41) is 7.16. The summed E-state index contributed by atoms with van der Waals surface area (Å²) in [4.78, 5) is 30.9.